The fourth-order valence-electron chi connectivity index (χ4n) is 2.19. The predicted molar refractivity (Wildman–Crippen MR) is 80.6 cm³/mol. The van der Waals surface area contributed by atoms with Crippen LogP contribution in [-0.4, -0.2) is 29.1 Å². The average molecular weight is 274 g/mol. The summed E-state index contributed by atoms with van der Waals surface area (Å²) in [5, 5.41) is 13.0. The second kappa shape index (κ2) is 6.57. The largest absolute Gasteiger partial charge is 0.396 e. The smallest absolute Gasteiger partial charge is 0.220 e. The SMILES string of the molecule is Cc1ccc2[nH]cc(CCC(=O)NCC(C)CO)c2c1. The number of aryl methyl sites for hydroxylation is 2. The zero-order valence-electron chi connectivity index (χ0n) is 12.1. The van der Waals surface area contributed by atoms with Gasteiger partial charge >= 0.3 is 0 Å². The number of rotatable bonds is 6. The number of fused-ring (bicyclic) bond motifs is 1. The topological polar surface area (TPSA) is 65.1 Å². The van der Waals surface area contributed by atoms with Crippen LogP contribution in [0.2, 0.25) is 0 Å². The fraction of sp³-hybridized carbons (Fsp3) is 0.438. The molecule has 1 aromatic carbocycles. The van der Waals surface area contributed by atoms with E-state index in [1.807, 2.05) is 13.1 Å². The summed E-state index contributed by atoms with van der Waals surface area (Å²) in [6.07, 6.45) is 3.18. The van der Waals surface area contributed by atoms with E-state index in [0.717, 1.165) is 11.9 Å². The fourth-order valence-corrected chi connectivity index (χ4v) is 2.19. The number of nitrogens with one attached hydrogen (secondary N) is 2. The third-order valence-electron chi connectivity index (χ3n) is 3.50. The molecule has 2 aromatic rings. The highest BCUT2D eigenvalue weighted by Gasteiger charge is 2.08. The third kappa shape index (κ3) is 3.61. The van der Waals surface area contributed by atoms with Gasteiger partial charge in [-0.2, -0.15) is 0 Å². The monoisotopic (exact) mass is 274 g/mol. The highest BCUT2D eigenvalue weighted by Crippen LogP contribution is 2.20. The molecule has 20 heavy (non-hydrogen) atoms. The van der Waals surface area contributed by atoms with E-state index in [9.17, 15) is 4.79 Å². The molecule has 1 atom stereocenters. The van der Waals surface area contributed by atoms with Crippen LogP contribution in [0.15, 0.2) is 24.4 Å². The number of hydrogen-bond acceptors (Lipinski definition) is 2. The second-order valence-electron chi connectivity index (χ2n) is 5.45. The highest BCUT2D eigenvalue weighted by atomic mass is 16.3. The number of aliphatic hydroxyl groups is 1. The average Bonchev–Trinajstić information content (AvgIpc) is 2.84. The molecule has 0 aliphatic carbocycles. The van der Waals surface area contributed by atoms with E-state index >= 15 is 0 Å². The number of aromatic nitrogens is 1. The van der Waals surface area contributed by atoms with Crippen molar-refractivity contribution in [1.29, 1.82) is 0 Å². The molecule has 4 nitrogen and oxygen atoms in total. The molecule has 0 saturated carbocycles. The molecule has 0 fully saturated rings. The van der Waals surface area contributed by atoms with Crippen molar-refractivity contribution in [1.82, 2.24) is 10.3 Å². The lowest BCUT2D eigenvalue weighted by molar-refractivity contribution is -0.121. The Morgan fingerprint density at radius 2 is 2.25 bits per heavy atom. The molecule has 1 heterocycles. The Labute approximate surface area is 119 Å². The summed E-state index contributed by atoms with van der Waals surface area (Å²) >= 11 is 0. The van der Waals surface area contributed by atoms with Crippen molar-refractivity contribution in [3.05, 3.63) is 35.5 Å². The number of aliphatic hydroxyl groups excluding tert-OH is 1. The minimum atomic E-state index is 0.0345. The molecule has 2 rings (SSSR count). The van der Waals surface area contributed by atoms with Crippen LogP contribution in [0.25, 0.3) is 10.9 Å². The number of amides is 1. The number of H-pyrrole nitrogens is 1. The summed E-state index contributed by atoms with van der Waals surface area (Å²) in [5.74, 6) is 0.141. The molecule has 1 aromatic heterocycles. The van der Waals surface area contributed by atoms with Gasteiger partial charge in [0.2, 0.25) is 5.91 Å². The van der Waals surface area contributed by atoms with Crippen LogP contribution in [0.3, 0.4) is 0 Å². The molecular weight excluding hydrogens is 252 g/mol. The Morgan fingerprint density at radius 3 is 3.00 bits per heavy atom. The van der Waals surface area contributed by atoms with Crippen LogP contribution in [-0.2, 0) is 11.2 Å². The third-order valence-corrected chi connectivity index (χ3v) is 3.50. The minimum Gasteiger partial charge on any atom is -0.396 e. The molecule has 108 valence electrons. The lowest BCUT2D eigenvalue weighted by Gasteiger charge is -2.09. The van der Waals surface area contributed by atoms with Crippen molar-refractivity contribution in [3.63, 3.8) is 0 Å². The first-order valence-corrected chi connectivity index (χ1v) is 7.04. The molecule has 0 radical (unpaired) electrons. The molecular formula is C16H22N2O2. The molecule has 0 saturated heterocycles. The predicted octanol–water partition coefficient (Wildman–Crippen LogP) is 2.15. The van der Waals surface area contributed by atoms with Crippen molar-refractivity contribution in [2.24, 2.45) is 5.92 Å². The van der Waals surface area contributed by atoms with E-state index < -0.39 is 0 Å². The van der Waals surface area contributed by atoms with Crippen LogP contribution in [0.1, 0.15) is 24.5 Å². The Bertz CT molecular complexity index is 589. The van der Waals surface area contributed by atoms with Gasteiger partial charge in [0, 0.05) is 36.7 Å². The van der Waals surface area contributed by atoms with Crippen LogP contribution < -0.4 is 5.32 Å². The summed E-state index contributed by atoms with van der Waals surface area (Å²) in [5.41, 5.74) is 3.51. The first kappa shape index (κ1) is 14.6. The summed E-state index contributed by atoms with van der Waals surface area (Å²) in [4.78, 5) is 15.0. The van der Waals surface area contributed by atoms with Crippen LogP contribution in [0, 0.1) is 12.8 Å². The number of carbonyl (C=O) groups is 1. The molecule has 0 bridgehead atoms. The maximum absolute atomic E-state index is 11.8. The van der Waals surface area contributed by atoms with E-state index in [1.165, 1.54) is 16.5 Å². The van der Waals surface area contributed by atoms with Gasteiger partial charge in [-0.1, -0.05) is 18.6 Å². The maximum atomic E-state index is 11.8. The van der Waals surface area contributed by atoms with E-state index in [1.54, 1.807) is 0 Å². The summed E-state index contributed by atoms with van der Waals surface area (Å²) < 4.78 is 0. The van der Waals surface area contributed by atoms with E-state index in [-0.39, 0.29) is 18.4 Å². The molecule has 0 spiro atoms. The van der Waals surface area contributed by atoms with Gasteiger partial charge in [-0.25, -0.2) is 0 Å². The van der Waals surface area contributed by atoms with Gasteiger partial charge in [0.1, 0.15) is 0 Å². The van der Waals surface area contributed by atoms with Gasteiger partial charge in [-0.05, 0) is 37.0 Å². The quantitative estimate of drug-likeness (QED) is 0.755. The molecule has 0 aliphatic heterocycles. The Hall–Kier alpha value is -1.81. The zero-order valence-corrected chi connectivity index (χ0v) is 12.1. The zero-order chi connectivity index (χ0) is 14.5. The van der Waals surface area contributed by atoms with Gasteiger partial charge in [0.25, 0.3) is 0 Å². The normalized spacial score (nSPS) is 12.6. The summed E-state index contributed by atoms with van der Waals surface area (Å²) in [6, 6.07) is 6.29. The molecule has 1 unspecified atom stereocenters. The molecule has 3 N–H and O–H groups in total. The van der Waals surface area contributed by atoms with E-state index in [0.29, 0.717) is 13.0 Å². The first-order valence-electron chi connectivity index (χ1n) is 7.04. The van der Waals surface area contributed by atoms with Crippen LogP contribution in [0.5, 0.6) is 0 Å². The number of benzene rings is 1. The Morgan fingerprint density at radius 1 is 1.45 bits per heavy atom. The lowest BCUT2D eigenvalue weighted by atomic mass is 10.1. The Kier molecular flexibility index (Phi) is 4.79. The van der Waals surface area contributed by atoms with Gasteiger partial charge in [-0.15, -0.1) is 0 Å². The van der Waals surface area contributed by atoms with Crippen LogP contribution >= 0.6 is 0 Å². The first-order chi connectivity index (χ1) is 9.60. The standard InChI is InChI=1S/C16H22N2O2/c1-11-3-5-15-14(7-11)13(9-17-15)4-6-16(20)18-8-12(2)10-19/h3,5,7,9,12,17,19H,4,6,8,10H2,1-2H3,(H,18,20). The lowest BCUT2D eigenvalue weighted by Crippen LogP contribution is -2.29. The van der Waals surface area contributed by atoms with Gasteiger partial charge < -0.3 is 15.4 Å². The van der Waals surface area contributed by atoms with Crippen molar-refractivity contribution in [2.45, 2.75) is 26.7 Å². The van der Waals surface area contributed by atoms with Crippen molar-refractivity contribution >= 4 is 16.8 Å². The number of carbonyl (C=O) groups excluding carboxylic acids is 1. The van der Waals surface area contributed by atoms with Gasteiger partial charge in [0.15, 0.2) is 0 Å². The van der Waals surface area contributed by atoms with Gasteiger partial charge in [-0.3, -0.25) is 4.79 Å². The van der Waals surface area contributed by atoms with E-state index in [2.05, 4.69) is 35.4 Å². The summed E-state index contributed by atoms with van der Waals surface area (Å²) in [6.45, 7) is 4.60. The van der Waals surface area contributed by atoms with Crippen molar-refractivity contribution < 1.29 is 9.90 Å². The summed E-state index contributed by atoms with van der Waals surface area (Å²) in [7, 11) is 0. The van der Waals surface area contributed by atoms with Crippen molar-refractivity contribution in [3.8, 4) is 0 Å². The van der Waals surface area contributed by atoms with Crippen LogP contribution in [0.4, 0.5) is 0 Å². The number of aromatic amines is 1. The maximum Gasteiger partial charge on any atom is 0.220 e. The van der Waals surface area contributed by atoms with E-state index in [4.69, 9.17) is 5.11 Å². The highest BCUT2D eigenvalue weighted by molar-refractivity contribution is 5.84. The Balaban J connectivity index is 1.92. The minimum absolute atomic E-state index is 0.0345. The molecule has 4 heteroatoms. The van der Waals surface area contributed by atoms with Gasteiger partial charge in [0.05, 0.1) is 0 Å². The number of hydrogen-bond donors (Lipinski definition) is 3. The second-order valence-corrected chi connectivity index (χ2v) is 5.45. The molecule has 0 aliphatic rings. The van der Waals surface area contributed by atoms with Crippen molar-refractivity contribution in [2.75, 3.05) is 13.2 Å². The molecule has 1 amide bonds.